The number of benzene rings is 2. The topological polar surface area (TPSA) is 54.7 Å². The molecule has 3 saturated heterocycles. The van der Waals surface area contributed by atoms with E-state index < -0.39 is 0 Å². The maximum Gasteiger partial charge on any atom is 0.287 e. The van der Waals surface area contributed by atoms with Gasteiger partial charge in [-0.15, -0.1) is 0 Å². The standard InChI is InChI=1S/C25H26N2O3/c1-17-24(18-12-14-27(17)15-13-18)26-25(28)23-11-10-22(30-23)19-6-5-9-21(16-19)29-20-7-3-2-4-8-20/h2-11,16-18,24H,12-15H2,1H3,(H,26,28). The predicted octanol–water partition coefficient (Wildman–Crippen LogP) is 4.95. The van der Waals surface area contributed by atoms with E-state index in [9.17, 15) is 4.79 Å². The van der Waals surface area contributed by atoms with Crippen LogP contribution >= 0.6 is 0 Å². The summed E-state index contributed by atoms with van der Waals surface area (Å²) in [4.78, 5) is 15.3. The summed E-state index contributed by atoms with van der Waals surface area (Å²) >= 11 is 0. The van der Waals surface area contributed by atoms with Gasteiger partial charge < -0.3 is 14.5 Å². The number of carbonyl (C=O) groups is 1. The van der Waals surface area contributed by atoms with Crippen LogP contribution in [0.5, 0.6) is 11.5 Å². The lowest BCUT2D eigenvalue weighted by atomic mass is 9.79. The Labute approximate surface area is 176 Å². The van der Waals surface area contributed by atoms with E-state index in [2.05, 4.69) is 17.1 Å². The van der Waals surface area contributed by atoms with Gasteiger partial charge in [0.2, 0.25) is 0 Å². The maximum atomic E-state index is 12.8. The number of para-hydroxylation sites is 1. The summed E-state index contributed by atoms with van der Waals surface area (Å²) in [5.74, 6) is 2.94. The van der Waals surface area contributed by atoms with E-state index in [1.165, 1.54) is 0 Å². The second-order valence-electron chi connectivity index (χ2n) is 8.22. The summed E-state index contributed by atoms with van der Waals surface area (Å²) in [6.07, 6.45) is 2.32. The van der Waals surface area contributed by atoms with Crippen LogP contribution < -0.4 is 10.1 Å². The summed E-state index contributed by atoms with van der Waals surface area (Å²) in [5.41, 5.74) is 0.874. The molecule has 3 aliphatic heterocycles. The van der Waals surface area contributed by atoms with Crippen molar-refractivity contribution in [1.29, 1.82) is 0 Å². The molecule has 154 valence electrons. The Kier molecular flexibility index (Phi) is 5.05. The number of fused-ring (bicyclic) bond motifs is 3. The van der Waals surface area contributed by atoms with E-state index in [1.54, 1.807) is 6.07 Å². The second kappa shape index (κ2) is 8.00. The third-order valence-electron chi connectivity index (χ3n) is 6.40. The molecule has 2 unspecified atom stereocenters. The van der Waals surface area contributed by atoms with Gasteiger partial charge in [-0.1, -0.05) is 30.3 Å². The molecule has 1 aromatic heterocycles. The lowest BCUT2D eigenvalue weighted by Gasteiger charge is -2.49. The fourth-order valence-corrected chi connectivity index (χ4v) is 4.72. The molecule has 0 radical (unpaired) electrons. The zero-order chi connectivity index (χ0) is 20.5. The molecule has 1 amide bonds. The molecule has 0 aliphatic carbocycles. The van der Waals surface area contributed by atoms with Crippen LogP contribution in [0.3, 0.4) is 0 Å². The van der Waals surface area contributed by atoms with Crippen LogP contribution in [-0.4, -0.2) is 36.0 Å². The highest BCUT2D eigenvalue weighted by Crippen LogP contribution is 2.33. The fraction of sp³-hybridized carbons (Fsp3) is 0.320. The number of carbonyl (C=O) groups excluding carboxylic acids is 1. The first-order valence-electron chi connectivity index (χ1n) is 10.7. The van der Waals surface area contributed by atoms with E-state index in [1.807, 2.05) is 60.7 Å². The Morgan fingerprint density at radius 1 is 1.00 bits per heavy atom. The monoisotopic (exact) mass is 402 g/mol. The van der Waals surface area contributed by atoms with Crippen molar-refractivity contribution in [2.24, 2.45) is 5.92 Å². The van der Waals surface area contributed by atoms with Crippen LogP contribution in [0.25, 0.3) is 11.3 Å². The number of ether oxygens (including phenoxy) is 1. The summed E-state index contributed by atoms with van der Waals surface area (Å²) in [6.45, 7) is 4.50. The van der Waals surface area contributed by atoms with Crippen LogP contribution in [0.2, 0.25) is 0 Å². The van der Waals surface area contributed by atoms with Gasteiger partial charge in [0.1, 0.15) is 17.3 Å². The number of nitrogens with one attached hydrogen (secondary N) is 1. The van der Waals surface area contributed by atoms with E-state index in [0.717, 1.165) is 43.0 Å². The highest BCUT2D eigenvalue weighted by Gasteiger charge is 2.40. The van der Waals surface area contributed by atoms with Gasteiger partial charge in [-0.25, -0.2) is 0 Å². The number of hydrogen-bond acceptors (Lipinski definition) is 4. The molecule has 1 N–H and O–H groups in total. The van der Waals surface area contributed by atoms with Crippen LogP contribution in [-0.2, 0) is 0 Å². The SMILES string of the molecule is CC1C(NC(=O)c2ccc(-c3cccc(Oc4ccccc4)c3)o2)C2CCN1CC2. The third-order valence-corrected chi connectivity index (χ3v) is 6.40. The van der Waals surface area contributed by atoms with Crippen molar-refractivity contribution in [2.75, 3.05) is 13.1 Å². The molecule has 2 bridgehead atoms. The number of furan rings is 1. The van der Waals surface area contributed by atoms with E-state index in [0.29, 0.717) is 23.5 Å². The zero-order valence-corrected chi connectivity index (χ0v) is 17.1. The smallest absolute Gasteiger partial charge is 0.287 e. The van der Waals surface area contributed by atoms with Gasteiger partial charge in [0.25, 0.3) is 5.91 Å². The van der Waals surface area contributed by atoms with Gasteiger partial charge in [0, 0.05) is 17.6 Å². The molecule has 30 heavy (non-hydrogen) atoms. The van der Waals surface area contributed by atoms with Crippen LogP contribution in [0.4, 0.5) is 0 Å². The second-order valence-corrected chi connectivity index (χ2v) is 8.22. The van der Waals surface area contributed by atoms with E-state index in [-0.39, 0.29) is 11.9 Å². The van der Waals surface area contributed by atoms with Crippen molar-refractivity contribution >= 4 is 5.91 Å². The van der Waals surface area contributed by atoms with Crippen LogP contribution in [0, 0.1) is 5.92 Å². The minimum absolute atomic E-state index is 0.136. The largest absolute Gasteiger partial charge is 0.457 e. The molecule has 2 atom stereocenters. The maximum absolute atomic E-state index is 12.8. The summed E-state index contributed by atoms with van der Waals surface area (Å²) < 4.78 is 11.8. The molecular formula is C25H26N2O3. The van der Waals surface area contributed by atoms with Gasteiger partial charge in [-0.2, -0.15) is 0 Å². The molecule has 6 rings (SSSR count). The van der Waals surface area contributed by atoms with Crippen molar-refractivity contribution in [1.82, 2.24) is 10.2 Å². The van der Waals surface area contributed by atoms with Crippen molar-refractivity contribution in [3.8, 4) is 22.8 Å². The number of rotatable bonds is 5. The van der Waals surface area contributed by atoms with Gasteiger partial charge >= 0.3 is 0 Å². The minimum atomic E-state index is -0.136. The molecule has 5 heteroatoms. The third kappa shape index (κ3) is 3.73. The minimum Gasteiger partial charge on any atom is -0.457 e. The van der Waals surface area contributed by atoms with E-state index in [4.69, 9.17) is 9.15 Å². The average Bonchev–Trinajstić information content (AvgIpc) is 3.28. The Hall–Kier alpha value is -3.05. The Morgan fingerprint density at radius 3 is 2.53 bits per heavy atom. The van der Waals surface area contributed by atoms with Gasteiger partial charge in [-0.05, 0) is 75.2 Å². The van der Waals surface area contributed by atoms with Crippen LogP contribution in [0.1, 0.15) is 30.3 Å². The summed E-state index contributed by atoms with van der Waals surface area (Å²) in [5, 5.41) is 3.23. The van der Waals surface area contributed by atoms with Crippen molar-refractivity contribution in [2.45, 2.75) is 31.8 Å². The summed E-state index contributed by atoms with van der Waals surface area (Å²) in [7, 11) is 0. The van der Waals surface area contributed by atoms with E-state index >= 15 is 0 Å². The highest BCUT2D eigenvalue weighted by molar-refractivity contribution is 5.92. The number of amides is 1. The number of nitrogens with zero attached hydrogens (tertiary/aromatic N) is 1. The Bertz CT molecular complexity index is 1020. The van der Waals surface area contributed by atoms with Crippen molar-refractivity contribution in [3.05, 3.63) is 72.5 Å². The lowest BCUT2D eigenvalue weighted by Crippen LogP contribution is -2.62. The molecule has 2 aromatic carbocycles. The molecule has 4 heterocycles. The average molecular weight is 402 g/mol. The first kappa shape index (κ1) is 18.9. The normalized spacial score (nSPS) is 25.1. The number of hydrogen-bond donors (Lipinski definition) is 1. The van der Waals surface area contributed by atoms with Gasteiger partial charge in [-0.3, -0.25) is 9.69 Å². The fourth-order valence-electron chi connectivity index (χ4n) is 4.72. The summed E-state index contributed by atoms with van der Waals surface area (Å²) in [6, 6.07) is 21.5. The molecule has 3 aromatic rings. The number of piperidine rings is 3. The first-order valence-corrected chi connectivity index (χ1v) is 10.7. The molecule has 3 fully saturated rings. The molecule has 3 aliphatic rings. The highest BCUT2D eigenvalue weighted by atomic mass is 16.5. The Balaban J connectivity index is 1.29. The quantitative estimate of drug-likeness (QED) is 0.656. The predicted molar refractivity (Wildman–Crippen MR) is 116 cm³/mol. The van der Waals surface area contributed by atoms with Gasteiger partial charge in [0.05, 0.1) is 0 Å². The van der Waals surface area contributed by atoms with Crippen LogP contribution in [0.15, 0.2) is 71.1 Å². The first-order chi connectivity index (χ1) is 14.7. The lowest BCUT2D eigenvalue weighted by molar-refractivity contribution is 0.0211. The molecule has 5 nitrogen and oxygen atoms in total. The van der Waals surface area contributed by atoms with Gasteiger partial charge in [0.15, 0.2) is 5.76 Å². The zero-order valence-electron chi connectivity index (χ0n) is 17.1. The van der Waals surface area contributed by atoms with Crippen molar-refractivity contribution < 1.29 is 13.9 Å². The Morgan fingerprint density at radius 2 is 1.77 bits per heavy atom. The molecule has 0 spiro atoms. The van der Waals surface area contributed by atoms with Crippen molar-refractivity contribution in [3.63, 3.8) is 0 Å². The molecular weight excluding hydrogens is 376 g/mol. The molecule has 0 saturated carbocycles.